The van der Waals surface area contributed by atoms with Gasteiger partial charge in [0.1, 0.15) is 88.3 Å². The number of nitrogens with two attached hydrogens (primary N) is 2. The second kappa shape index (κ2) is 24.2. The highest BCUT2D eigenvalue weighted by molar-refractivity contribution is 7.15. The highest BCUT2D eigenvalue weighted by atomic mass is 32.1. The Morgan fingerprint density at radius 3 is 2.14 bits per heavy atom. The molecule has 8 aromatic rings. The molecule has 1 fully saturated rings. The van der Waals surface area contributed by atoms with Crippen molar-refractivity contribution in [3.8, 4) is 49.1 Å². The first kappa shape index (κ1) is 56.0. The molecule has 22 nitrogen and oxygen atoms in total. The standard InChI is InChI=1S/C52H52N14O8S6/c1-5-65(6-2)13-14-74-27-9-7-26(8-10-27)15-31-52(73)66-18-37(67)24(3)42(66)51-63-36(23-79-51)49-60-32(19-77-49)41-28(11-12-29(57-41)48-61-33(20-78-48)43(54)69)47-62-35(22-76-47)45(71)58-30(16-38(53)68)50-64-40(25(4)80-50)46(72)55-17-39-56-34(21-75-39)44(70)59-31/h7-12,19-24,30-31,37,42,67H,5-6,13-18H2,1-4H3,(H2,53,68)(H2,54,69)(H,55,72)(H,58,71)(H,59,70)/t24-,30-,31-,37-,42+/m0/s1. The van der Waals surface area contributed by atoms with E-state index < -0.39 is 65.6 Å². The van der Waals surface area contributed by atoms with E-state index in [2.05, 4.69) is 49.6 Å². The topological polar surface area (TPSA) is 317 Å². The van der Waals surface area contributed by atoms with E-state index in [0.717, 1.165) is 47.9 Å². The van der Waals surface area contributed by atoms with E-state index in [0.29, 0.717) is 70.6 Å². The van der Waals surface area contributed by atoms with Crippen LogP contribution in [-0.2, 0) is 22.6 Å². The summed E-state index contributed by atoms with van der Waals surface area (Å²) in [6.07, 6.45) is -1.16. The number of nitrogens with zero attached hydrogens (tertiary/aromatic N) is 9. The number of amides is 6. The molecule has 2 aliphatic rings. The number of hydrogen-bond donors (Lipinski definition) is 6. The molecule has 0 aliphatic carbocycles. The van der Waals surface area contributed by atoms with Gasteiger partial charge in [-0.05, 0) is 49.8 Å². The van der Waals surface area contributed by atoms with Crippen LogP contribution in [0.1, 0.15) is 107 Å². The molecule has 1 saturated heterocycles. The van der Waals surface area contributed by atoms with Crippen molar-refractivity contribution >= 4 is 103 Å². The van der Waals surface area contributed by atoms with Crippen molar-refractivity contribution in [2.24, 2.45) is 17.4 Å². The zero-order valence-corrected chi connectivity index (χ0v) is 48.2. The Kier molecular flexibility index (Phi) is 16.9. The van der Waals surface area contributed by atoms with Crippen molar-refractivity contribution < 1.29 is 38.6 Å². The van der Waals surface area contributed by atoms with E-state index >= 15 is 4.79 Å². The van der Waals surface area contributed by atoms with Crippen LogP contribution in [0, 0.1) is 12.8 Å². The number of likely N-dealkylation sites (N-methyl/N-ethyl adjacent to an activating group) is 1. The maximum Gasteiger partial charge on any atom is 0.271 e. The minimum absolute atomic E-state index is 0.0207. The molecule has 10 rings (SSSR count). The molecule has 0 unspecified atom stereocenters. The lowest BCUT2D eigenvalue weighted by molar-refractivity contribution is -0.134. The van der Waals surface area contributed by atoms with Crippen LogP contribution in [-0.4, -0.2) is 130 Å². The highest BCUT2D eigenvalue weighted by Crippen LogP contribution is 2.42. The van der Waals surface area contributed by atoms with Crippen molar-refractivity contribution in [2.75, 3.05) is 32.8 Å². The monoisotopic (exact) mass is 1190 g/mol. The number of nitrogens with one attached hydrogen (secondary N) is 3. The molecule has 6 amide bonds. The Morgan fingerprint density at radius 2 is 1.40 bits per heavy atom. The zero-order valence-electron chi connectivity index (χ0n) is 43.3. The number of aliphatic hydroxyl groups is 1. The van der Waals surface area contributed by atoms with Gasteiger partial charge in [-0.25, -0.2) is 34.9 Å². The fraction of sp³-hybridized carbons (Fsp3) is 0.327. The number of aryl methyl sites for hydroxylation is 1. The number of rotatable bonds is 12. The summed E-state index contributed by atoms with van der Waals surface area (Å²) in [6.45, 7) is 10.7. The fourth-order valence-corrected chi connectivity index (χ4v) is 14.3. The number of aliphatic hydroxyl groups excluding tert-OH is 1. The summed E-state index contributed by atoms with van der Waals surface area (Å²) in [7, 11) is 0. The zero-order chi connectivity index (χ0) is 56.4. The third-order valence-electron chi connectivity index (χ3n) is 13.4. The average molecular weight is 1190 g/mol. The van der Waals surface area contributed by atoms with Gasteiger partial charge in [-0.15, -0.1) is 68.0 Å². The molecule has 1 aromatic carbocycles. The number of hydrogen-bond acceptors (Lipinski definition) is 22. The first-order valence-electron chi connectivity index (χ1n) is 25.2. The van der Waals surface area contributed by atoms with Crippen LogP contribution in [0.4, 0.5) is 0 Å². The summed E-state index contributed by atoms with van der Waals surface area (Å²) in [6, 6.07) is 8.03. The summed E-state index contributed by atoms with van der Waals surface area (Å²) < 4.78 is 6.04. The number of fused-ring (bicyclic) bond motifs is 16. The number of aromatic nitrogens is 7. The SMILES string of the molecule is CCN(CC)CCOc1ccc(C[C@@H]2NC(=O)c3csc(n3)CNC(=O)c3nc(sc3C)[C@H](CC(N)=O)NC(=O)c3csc(n3)-c3ccc(-c4nc(C(N)=O)cs4)nc3-c3csc(n3)-c3csc(n3)[C@H]3[C@@H](C)[C@@H](O)CN3C2=O)cc1. The summed E-state index contributed by atoms with van der Waals surface area (Å²) in [4.78, 5) is 119. The van der Waals surface area contributed by atoms with Crippen LogP contribution in [0.5, 0.6) is 5.75 Å². The number of thiazole rings is 6. The second-order valence-electron chi connectivity index (χ2n) is 18.7. The van der Waals surface area contributed by atoms with Crippen LogP contribution in [0.25, 0.3) is 43.4 Å². The van der Waals surface area contributed by atoms with Crippen LogP contribution < -0.4 is 32.2 Å². The Balaban J connectivity index is 1.02. The largest absolute Gasteiger partial charge is 0.492 e. The number of primary amides is 2. The Labute approximate surface area is 481 Å². The van der Waals surface area contributed by atoms with Gasteiger partial charge >= 0.3 is 0 Å². The summed E-state index contributed by atoms with van der Waals surface area (Å²) in [5.41, 5.74) is 14.4. The molecule has 0 radical (unpaired) electrons. The van der Waals surface area contributed by atoms with Crippen molar-refractivity contribution in [3.05, 3.63) is 112 Å². The number of carbonyl (C=O) groups excluding carboxylic acids is 6. The van der Waals surface area contributed by atoms with Crippen LogP contribution in [0.2, 0.25) is 0 Å². The van der Waals surface area contributed by atoms with Gasteiger partial charge in [0.15, 0.2) is 0 Å². The number of carbonyl (C=O) groups is 6. The molecule has 5 atom stereocenters. The highest BCUT2D eigenvalue weighted by Gasteiger charge is 2.45. The lowest BCUT2D eigenvalue weighted by Crippen LogP contribution is -2.50. The Morgan fingerprint density at radius 1 is 0.725 bits per heavy atom. The minimum atomic E-state index is -1.12. The van der Waals surface area contributed by atoms with E-state index in [4.69, 9.17) is 36.1 Å². The molecule has 8 N–H and O–H groups in total. The fourth-order valence-electron chi connectivity index (χ4n) is 9.10. The van der Waals surface area contributed by atoms with Crippen LogP contribution in [0.3, 0.4) is 0 Å². The van der Waals surface area contributed by atoms with Crippen molar-refractivity contribution in [2.45, 2.75) is 71.3 Å². The number of ether oxygens (including phenoxy) is 1. The maximum absolute atomic E-state index is 15.1. The maximum atomic E-state index is 15.1. The molecule has 0 saturated carbocycles. The molecule has 7 aromatic heterocycles. The summed E-state index contributed by atoms with van der Waals surface area (Å²) in [5, 5.41) is 30.9. The molecular weight excluding hydrogens is 1140 g/mol. The van der Waals surface area contributed by atoms with Crippen molar-refractivity contribution in [1.29, 1.82) is 0 Å². The molecular formula is C52H52N14O8S6. The van der Waals surface area contributed by atoms with Crippen LogP contribution in [0.15, 0.2) is 63.3 Å². The van der Waals surface area contributed by atoms with Gasteiger partial charge in [-0.2, -0.15) is 0 Å². The van der Waals surface area contributed by atoms with Crippen LogP contribution >= 0.6 is 68.0 Å². The van der Waals surface area contributed by atoms with E-state index in [1.54, 1.807) is 40.1 Å². The predicted octanol–water partition coefficient (Wildman–Crippen LogP) is 6.13. The normalized spacial score (nSPS) is 18.8. The molecule has 10 bridgehead atoms. The average Bonchev–Trinajstić information content (AvgIpc) is 4.35. The van der Waals surface area contributed by atoms with Crippen molar-refractivity contribution in [3.63, 3.8) is 0 Å². The summed E-state index contributed by atoms with van der Waals surface area (Å²) >= 11 is 7.22. The molecule has 414 valence electrons. The van der Waals surface area contributed by atoms with Gasteiger partial charge in [0.2, 0.25) is 11.8 Å². The van der Waals surface area contributed by atoms with E-state index in [9.17, 15) is 29.1 Å². The lowest BCUT2D eigenvalue weighted by Gasteiger charge is -2.29. The van der Waals surface area contributed by atoms with Gasteiger partial charge in [-0.1, -0.05) is 32.9 Å². The third kappa shape index (κ3) is 12.2. The minimum Gasteiger partial charge on any atom is -0.492 e. The van der Waals surface area contributed by atoms with Gasteiger partial charge in [0.05, 0.1) is 36.8 Å². The molecule has 0 spiro atoms. The van der Waals surface area contributed by atoms with E-state index in [1.165, 1.54) is 50.7 Å². The lowest BCUT2D eigenvalue weighted by atomic mass is 10.00. The third-order valence-corrected chi connectivity index (χ3v) is 18.9. The smallest absolute Gasteiger partial charge is 0.271 e. The van der Waals surface area contributed by atoms with Crippen molar-refractivity contribution in [1.82, 2.24) is 60.6 Å². The number of pyridine rings is 1. The molecule has 80 heavy (non-hydrogen) atoms. The molecule has 28 heteroatoms. The van der Waals surface area contributed by atoms with Gasteiger partial charge in [0, 0.05) is 62.8 Å². The summed E-state index contributed by atoms with van der Waals surface area (Å²) in [5.74, 6) is -3.47. The number of benzene rings is 1. The van der Waals surface area contributed by atoms with E-state index in [-0.39, 0.29) is 53.7 Å². The Hall–Kier alpha value is -7.31. The van der Waals surface area contributed by atoms with Gasteiger partial charge in [0.25, 0.3) is 23.6 Å². The molecule has 9 heterocycles. The molecule has 2 aliphatic heterocycles. The van der Waals surface area contributed by atoms with E-state index in [1.807, 2.05) is 36.6 Å². The Bertz CT molecular complexity index is 3620. The first-order valence-corrected chi connectivity index (χ1v) is 30.4. The predicted molar refractivity (Wildman–Crippen MR) is 306 cm³/mol. The van der Waals surface area contributed by atoms with Gasteiger partial charge in [-0.3, -0.25) is 28.8 Å². The first-order chi connectivity index (χ1) is 38.5. The second-order valence-corrected chi connectivity index (χ2v) is 24.4. The van der Waals surface area contributed by atoms with Gasteiger partial charge < -0.3 is 47.1 Å². The quantitative estimate of drug-likeness (QED) is 0.0801.